The molecule has 0 unspecified atom stereocenters. The molecule has 5 heteroatoms. The predicted octanol–water partition coefficient (Wildman–Crippen LogP) is 4.09. The molecule has 0 N–H and O–H groups in total. The van der Waals surface area contributed by atoms with Gasteiger partial charge in [-0.3, -0.25) is 9.59 Å². The molecule has 0 aliphatic carbocycles. The van der Waals surface area contributed by atoms with Crippen molar-refractivity contribution in [1.82, 2.24) is 9.80 Å². The monoisotopic (exact) mass is 422 g/mol. The van der Waals surface area contributed by atoms with E-state index in [-0.39, 0.29) is 29.7 Å². The maximum atomic E-state index is 13.8. The molecule has 2 amide bonds. The minimum Gasteiger partial charge on any atom is -0.354 e. The zero-order chi connectivity index (χ0) is 22.6. The molecule has 1 fully saturated rings. The molecule has 1 aliphatic rings. The van der Waals surface area contributed by atoms with Crippen LogP contribution >= 0.6 is 0 Å². The number of carbonyl (C=O) groups excluding carboxylic acids is 2. The molecule has 3 rings (SSSR count). The number of nitrogens with zero attached hydrogens (tertiary/aromatic N) is 2. The first-order valence-electron chi connectivity index (χ1n) is 11.0. The first-order valence-corrected chi connectivity index (χ1v) is 11.0. The van der Waals surface area contributed by atoms with E-state index in [9.17, 15) is 9.59 Å². The van der Waals surface area contributed by atoms with Crippen LogP contribution in [0.15, 0.2) is 60.7 Å². The first-order chi connectivity index (χ1) is 14.7. The Labute approximate surface area is 186 Å². The van der Waals surface area contributed by atoms with Gasteiger partial charge in [-0.1, -0.05) is 67.6 Å². The fourth-order valence-electron chi connectivity index (χ4n) is 4.41. The lowest BCUT2D eigenvalue weighted by Crippen LogP contribution is -2.51. The van der Waals surface area contributed by atoms with Gasteiger partial charge in [-0.15, -0.1) is 0 Å². The van der Waals surface area contributed by atoms with Gasteiger partial charge < -0.3 is 14.5 Å². The average Bonchev–Trinajstić information content (AvgIpc) is 3.05. The maximum absolute atomic E-state index is 13.8. The standard InChI is InChI=1S/C26H34N2O3/c1-19(23(17-24(29)27(4)5)21-14-10-7-11-15-21)25(30)28-22(18-31-26(28,2)3)16-20-12-8-6-9-13-20/h6-15,19,22-23H,16-18H2,1-5H3/t19-,22+,23-/m1/s1. The minimum absolute atomic E-state index is 0.0197. The summed E-state index contributed by atoms with van der Waals surface area (Å²) in [7, 11) is 3.51. The molecule has 1 aliphatic heterocycles. The number of ether oxygens (including phenoxy) is 1. The van der Waals surface area contributed by atoms with E-state index in [4.69, 9.17) is 4.74 Å². The van der Waals surface area contributed by atoms with E-state index in [1.165, 1.54) is 5.56 Å². The molecule has 0 radical (unpaired) electrons. The summed E-state index contributed by atoms with van der Waals surface area (Å²) >= 11 is 0. The molecule has 0 aromatic heterocycles. The zero-order valence-corrected chi connectivity index (χ0v) is 19.2. The molecule has 1 heterocycles. The molecule has 31 heavy (non-hydrogen) atoms. The van der Waals surface area contributed by atoms with Crippen LogP contribution in [-0.4, -0.2) is 54.1 Å². The molecule has 2 aromatic carbocycles. The van der Waals surface area contributed by atoms with Crippen molar-refractivity contribution in [2.24, 2.45) is 5.92 Å². The van der Waals surface area contributed by atoms with Crippen molar-refractivity contribution >= 4 is 11.8 Å². The fraction of sp³-hybridized carbons (Fsp3) is 0.462. The van der Waals surface area contributed by atoms with Crippen molar-refractivity contribution in [2.45, 2.75) is 51.3 Å². The molecular weight excluding hydrogens is 388 g/mol. The topological polar surface area (TPSA) is 49.9 Å². The predicted molar refractivity (Wildman–Crippen MR) is 122 cm³/mol. The van der Waals surface area contributed by atoms with E-state index in [1.54, 1.807) is 19.0 Å². The van der Waals surface area contributed by atoms with E-state index in [1.807, 2.05) is 74.2 Å². The number of hydrogen-bond donors (Lipinski definition) is 0. The normalized spacial score (nSPS) is 19.6. The Morgan fingerprint density at radius 2 is 1.65 bits per heavy atom. The Morgan fingerprint density at radius 3 is 2.23 bits per heavy atom. The highest BCUT2D eigenvalue weighted by Crippen LogP contribution is 2.36. The zero-order valence-electron chi connectivity index (χ0n) is 19.2. The maximum Gasteiger partial charge on any atom is 0.228 e. The summed E-state index contributed by atoms with van der Waals surface area (Å²) in [5, 5.41) is 0. The highest BCUT2D eigenvalue weighted by atomic mass is 16.5. The Hall–Kier alpha value is -2.66. The largest absolute Gasteiger partial charge is 0.354 e. The van der Waals surface area contributed by atoms with Crippen molar-refractivity contribution < 1.29 is 14.3 Å². The lowest BCUT2D eigenvalue weighted by Gasteiger charge is -2.37. The SMILES string of the molecule is C[C@@H](C(=O)N1[C@@H](Cc2ccccc2)COC1(C)C)[C@@H](CC(=O)N(C)C)c1ccccc1. The lowest BCUT2D eigenvalue weighted by atomic mass is 9.82. The summed E-state index contributed by atoms with van der Waals surface area (Å²) in [5.41, 5.74) is 1.51. The summed E-state index contributed by atoms with van der Waals surface area (Å²) < 4.78 is 6.04. The third-order valence-electron chi connectivity index (χ3n) is 6.24. The Kier molecular flexibility index (Phi) is 7.16. The van der Waals surface area contributed by atoms with Crippen LogP contribution in [0.4, 0.5) is 0 Å². The van der Waals surface area contributed by atoms with E-state index in [2.05, 4.69) is 12.1 Å². The quantitative estimate of drug-likeness (QED) is 0.675. The molecule has 0 saturated carbocycles. The number of carbonyl (C=O) groups is 2. The molecule has 3 atom stereocenters. The third kappa shape index (κ3) is 5.34. The van der Waals surface area contributed by atoms with Gasteiger partial charge in [0.25, 0.3) is 0 Å². The van der Waals surface area contributed by atoms with Gasteiger partial charge in [0.2, 0.25) is 11.8 Å². The highest BCUT2D eigenvalue weighted by molar-refractivity contribution is 5.83. The van der Waals surface area contributed by atoms with Crippen LogP contribution in [0.25, 0.3) is 0 Å². The van der Waals surface area contributed by atoms with Crippen LogP contribution in [0.1, 0.15) is 44.2 Å². The molecule has 2 aromatic rings. The Morgan fingerprint density at radius 1 is 1.06 bits per heavy atom. The lowest BCUT2D eigenvalue weighted by molar-refractivity contribution is -0.151. The summed E-state index contributed by atoms with van der Waals surface area (Å²) in [6.45, 7) is 6.35. The van der Waals surface area contributed by atoms with Gasteiger partial charge in [0.1, 0.15) is 5.72 Å². The highest BCUT2D eigenvalue weighted by Gasteiger charge is 2.46. The van der Waals surface area contributed by atoms with Crippen molar-refractivity contribution in [2.75, 3.05) is 20.7 Å². The number of hydrogen-bond acceptors (Lipinski definition) is 3. The smallest absolute Gasteiger partial charge is 0.228 e. The molecule has 0 spiro atoms. The second kappa shape index (κ2) is 9.65. The van der Waals surface area contributed by atoms with Crippen molar-refractivity contribution in [3.8, 4) is 0 Å². The van der Waals surface area contributed by atoms with Crippen LogP contribution in [-0.2, 0) is 20.7 Å². The average molecular weight is 423 g/mol. The van der Waals surface area contributed by atoms with Gasteiger partial charge in [0, 0.05) is 32.4 Å². The van der Waals surface area contributed by atoms with Crippen LogP contribution < -0.4 is 0 Å². The van der Waals surface area contributed by atoms with Crippen LogP contribution in [0, 0.1) is 5.92 Å². The van der Waals surface area contributed by atoms with Crippen molar-refractivity contribution in [1.29, 1.82) is 0 Å². The second-order valence-electron chi connectivity index (χ2n) is 9.11. The van der Waals surface area contributed by atoms with E-state index in [0.717, 1.165) is 12.0 Å². The molecule has 0 bridgehead atoms. The first kappa shape index (κ1) is 23.0. The van der Waals surface area contributed by atoms with Crippen LogP contribution in [0.2, 0.25) is 0 Å². The summed E-state index contributed by atoms with van der Waals surface area (Å²) in [4.78, 5) is 29.9. The second-order valence-corrected chi connectivity index (χ2v) is 9.11. The van der Waals surface area contributed by atoms with Gasteiger partial charge in [-0.05, 0) is 31.4 Å². The fourth-order valence-corrected chi connectivity index (χ4v) is 4.41. The molecule has 166 valence electrons. The van der Waals surface area contributed by atoms with Crippen molar-refractivity contribution in [3.05, 3.63) is 71.8 Å². The van der Waals surface area contributed by atoms with Gasteiger partial charge in [-0.2, -0.15) is 0 Å². The third-order valence-corrected chi connectivity index (χ3v) is 6.24. The summed E-state index contributed by atoms with van der Waals surface area (Å²) in [5.74, 6) is -0.502. The summed E-state index contributed by atoms with van der Waals surface area (Å²) in [6.07, 6.45) is 1.04. The van der Waals surface area contributed by atoms with Gasteiger partial charge in [-0.25, -0.2) is 0 Å². The van der Waals surface area contributed by atoms with E-state index >= 15 is 0 Å². The van der Waals surface area contributed by atoms with Gasteiger partial charge >= 0.3 is 0 Å². The number of rotatable bonds is 7. The van der Waals surface area contributed by atoms with Crippen LogP contribution in [0.5, 0.6) is 0 Å². The van der Waals surface area contributed by atoms with Crippen LogP contribution in [0.3, 0.4) is 0 Å². The van der Waals surface area contributed by atoms with Gasteiger partial charge in [0.15, 0.2) is 0 Å². The summed E-state index contributed by atoms with van der Waals surface area (Å²) in [6, 6.07) is 20.0. The van der Waals surface area contributed by atoms with Gasteiger partial charge in [0.05, 0.1) is 12.6 Å². The van der Waals surface area contributed by atoms with E-state index in [0.29, 0.717) is 13.0 Å². The molecule has 5 nitrogen and oxygen atoms in total. The number of amides is 2. The Balaban J connectivity index is 1.87. The number of benzene rings is 2. The minimum atomic E-state index is -0.683. The molecule has 1 saturated heterocycles. The van der Waals surface area contributed by atoms with Crippen molar-refractivity contribution in [3.63, 3.8) is 0 Å². The Bertz CT molecular complexity index is 880. The molecular formula is C26H34N2O3. The van der Waals surface area contributed by atoms with E-state index < -0.39 is 5.72 Å².